The minimum absolute atomic E-state index is 0.0872. The van der Waals surface area contributed by atoms with Gasteiger partial charge in [-0.05, 0) is 39.0 Å². The van der Waals surface area contributed by atoms with Gasteiger partial charge in [-0.2, -0.15) is 0 Å². The van der Waals surface area contributed by atoms with Crippen LogP contribution in [0.1, 0.15) is 19.3 Å². The van der Waals surface area contributed by atoms with Crippen LogP contribution in [0, 0.1) is 0 Å². The first-order chi connectivity index (χ1) is 8.81. The molecule has 0 heterocycles. The van der Waals surface area contributed by atoms with Gasteiger partial charge in [-0.25, -0.2) is 0 Å². The summed E-state index contributed by atoms with van der Waals surface area (Å²) >= 11 is 0. The maximum Gasteiger partial charge on any atom is 0.221 e. The van der Waals surface area contributed by atoms with Crippen molar-refractivity contribution in [2.75, 3.05) is 52.9 Å². The van der Waals surface area contributed by atoms with Crippen molar-refractivity contribution in [1.29, 1.82) is 0 Å². The fourth-order valence-corrected chi connectivity index (χ4v) is 1.44. The van der Waals surface area contributed by atoms with E-state index in [4.69, 9.17) is 5.73 Å². The molecule has 1 amide bonds. The Morgan fingerprint density at radius 1 is 0.889 bits per heavy atom. The molecule has 0 aromatic rings. The van der Waals surface area contributed by atoms with Crippen molar-refractivity contribution in [2.45, 2.75) is 19.3 Å². The highest BCUT2D eigenvalue weighted by Gasteiger charge is 1.95. The molecule has 0 fully saturated rings. The SMILES string of the molecule is CNC(=O)CCNCCCNCCNCCCN. The molecule has 18 heavy (non-hydrogen) atoms. The van der Waals surface area contributed by atoms with Crippen LogP contribution >= 0.6 is 0 Å². The van der Waals surface area contributed by atoms with Gasteiger partial charge in [-0.1, -0.05) is 0 Å². The summed E-state index contributed by atoms with van der Waals surface area (Å²) in [6.45, 7) is 6.44. The van der Waals surface area contributed by atoms with Crippen LogP contribution in [0.5, 0.6) is 0 Å². The molecule has 6 nitrogen and oxygen atoms in total. The second-order valence-corrected chi connectivity index (χ2v) is 4.17. The quantitative estimate of drug-likeness (QED) is 0.263. The van der Waals surface area contributed by atoms with Crippen molar-refractivity contribution in [2.24, 2.45) is 5.73 Å². The van der Waals surface area contributed by atoms with E-state index in [-0.39, 0.29) is 5.91 Å². The number of carbonyl (C=O) groups is 1. The van der Waals surface area contributed by atoms with E-state index in [9.17, 15) is 4.79 Å². The third kappa shape index (κ3) is 13.4. The fourth-order valence-electron chi connectivity index (χ4n) is 1.44. The molecule has 108 valence electrons. The van der Waals surface area contributed by atoms with Gasteiger partial charge in [-0.15, -0.1) is 0 Å². The van der Waals surface area contributed by atoms with Crippen LogP contribution in [0.3, 0.4) is 0 Å². The lowest BCUT2D eigenvalue weighted by atomic mass is 10.3. The minimum Gasteiger partial charge on any atom is -0.359 e. The van der Waals surface area contributed by atoms with E-state index in [2.05, 4.69) is 21.3 Å². The number of nitrogens with one attached hydrogen (secondary N) is 4. The summed E-state index contributed by atoms with van der Waals surface area (Å²) in [7, 11) is 1.66. The molecule has 0 aromatic heterocycles. The molecule has 0 radical (unpaired) electrons. The van der Waals surface area contributed by atoms with E-state index >= 15 is 0 Å². The smallest absolute Gasteiger partial charge is 0.221 e. The Morgan fingerprint density at radius 3 is 2.00 bits per heavy atom. The molecule has 0 aliphatic heterocycles. The third-order valence-electron chi connectivity index (χ3n) is 2.55. The highest BCUT2D eigenvalue weighted by Crippen LogP contribution is 1.78. The van der Waals surface area contributed by atoms with Gasteiger partial charge < -0.3 is 27.0 Å². The van der Waals surface area contributed by atoms with Gasteiger partial charge >= 0.3 is 0 Å². The van der Waals surface area contributed by atoms with Gasteiger partial charge in [0.1, 0.15) is 0 Å². The maximum atomic E-state index is 10.9. The average Bonchev–Trinajstić information content (AvgIpc) is 2.39. The van der Waals surface area contributed by atoms with Crippen LogP contribution < -0.4 is 27.0 Å². The Bertz CT molecular complexity index is 189. The van der Waals surface area contributed by atoms with Crippen molar-refractivity contribution in [1.82, 2.24) is 21.3 Å². The predicted octanol–water partition coefficient (Wildman–Crippen LogP) is -1.37. The predicted molar refractivity (Wildman–Crippen MR) is 75.6 cm³/mol. The van der Waals surface area contributed by atoms with E-state index in [1.165, 1.54) is 0 Å². The number of amides is 1. The Kier molecular flexibility index (Phi) is 13.8. The molecule has 6 heteroatoms. The Hall–Kier alpha value is -0.690. The second kappa shape index (κ2) is 14.4. The maximum absolute atomic E-state index is 10.9. The van der Waals surface area contributed by atoms with Gasteiger partial charge in [-0.3, -0.25) is 4.79 Å². The number of hydrogen-bond acceptors (Lipinski definition) is 5. The number of rotatable bonds is 13. The van der Waals surface area contributed by atoms with Crippen molar-refractivity contribution in [3.05, 3.63) is 0 Å². The van der Waals surface area contributed by atoms with Crippen molar-refractivity contribution in [3.63, 3.8) is 0 Å². The lowest BCUT2D eigenvalue weighted by Gasteiger charge is -2.07. The number of carbonyl (C=O) groups excluding carboxylic acids is 1. The Balaban J connectivity index is 2.97. The minimum atomic E-state index is 0.0872. The van der Waals surface area contributed by atoms with Gasteiger partial charge in [0.25, 0.3) is 0 Å². The van der Waals surface area contributed by atoms with Crippen LogP contribution in [0.15, 0.2) is 0 Å². The first kappa shape index (κ1) is 17.3. The Labute approximate surface area is 110 Å². The van der Waals surface area contributed by atoms with Crippen molar-refractivity contribution in [3.8, 4) is 0 Å². The van der Waals surface area contributed by atoms with Crippen LogP contribution in [0.4, 0.5) is 0 Å². The molecular weight excluding hydrogens is 230 g/mol. The largest absolute Gasteiger partial charge is 0.359 e. The third-order valence-corrected chi connectivity index (χ3v) is 2.55. The van der Waals surface area contributed by atoms with Gasteiger partial charge in [0.2, 0.25) is 5.91 Å². The number of nitrogens with two attached hydrogens (primary N) is 1. The van der Waals surface area contributed by atoms with Crippen LogP contribution in [0.25, 0.3) is 0 Å². The van der Waals surface area contributed by atoms with E-state index in [0.29, 0.717) is 6.42 Å². The molecule has 0 aliphatic carbocycles. The molecule has 0 saturated heterocycles. The topological polar surface area (TPSA) is 91.2 Å². The summed E-state index contributed by atoms with van der Waals surface area (Å²) in [6, 6.07) is 0. The molecule has 0 bridgehead atoms. The zero-order valence-electron chi connectivity index (χ0n) is 11.6. The summed E-state index contributed by atoms with van der Waals surface area (Å²) in [5.74, 6) is 0.0872. The van der Waals surface area contributed by atoms with Crippen LogP contribution in [-0.4, -0.2) is 58.8 Å². The summed E-state index contributed by atoms with van der Waals surface area (Å²) in [5.41, 5.74) is 5.39. The standard InChI is InChI=1S/C12H29N5O/c1-14-12(18)4-9-15-7-3-8-17-11-10-16-6-2-5-13/h15-17H,2-11,13H2,1H3,(H,14,18). The van der Waals surface area contributed by atoms with E-state index in [1.54, 1.807) is 7.05 Å². The molecule has 0 atom stereocenters. The second-order valence-electron chi connectivity index (χ2n) is 4.17. The fraction of sp³-hybridized carbons (Fsp3) is 0.917. The average molecular weight is 259 g/mol. The van der Waals surface area contributed by atoms with Gasteiger partial charge in [0.15, 0.2) is 0 Å². The van der Waals surface area contributed by atoms with Crippen LogP contribution in [-0.2, 0) is 4.79 Å². The lowest BCUT2D eigenvalue weighted by molar-refractivity contribution is -0.120. The van der Waals surface area contributed by atoms with E-state index in [1.807, 2.05) is 0 Å². The first-order valence-corrected chi connectivity index (χ1v) is 6.84. The first-order valence-electron chi connectivity index (χ1n) is 6.84. The van der Waals surface area contributed by atoms with Crippen molar-refractivity contribution < 1.29 is 4.79 Å². The van der Waals surface area contributed by atoms with Crippen molar-refractivity contribution >= 4 is 5.91 Å². The zero-order valence-corrected chi connectivity index (χ0v) is 11.6. The van der Waals surface area contributed by atoms with E-state index < -0.39 is 0 Å². The molecule has 6 N–H and O–H groups in total. The highest BCUT2D eigenvalue weighted by atomic mass is 16.1. The molecular formula is C12H29N5O. The molecule has 0 unspecified atom stereocenters. The molecule has 0 aliphatic rings. The van der Waals surface area contributed by atoms with Crippen LogP contribution in [0.2, 0.25) is 0 Å². The highest BCUT2D eigenvalue weighted by molar-refractivity contribution is 5.75. The normalized spacial score (nSPS) is 10.6. The van der Waals surface area contributed by atoms with E-state index in [0.717, 1.165) is 58.7 Å². The Morgan fingerprint density at radius 2 is 1.44 bits per heavy atom. The monoisotopic (exact) mass is 259 g/mol. The lowest BCUT2D eigenvalue weighted by Crippen LogP contribution is -2.31. The zero-order chi connectivity index (χ0) is 13.5. The molecule has 0 spiro atoms. The summed E-state index contributed by atoms with van der Waals surface area (Å²) in [6.07, 6.45) is 2.67. The van der Waals surface area contributed by atoms with Gasteiger partial charge in [0, 0.05) is 33.1 Å². The summed E-state index contributed by atoms with van der Waals surface area (Å²) < 4.78 is 0. The van der Waals surface area contributed by atoms with Gasteiger partial charge in [0.05, 0.1) is 0 Å². The number of hydrogen-bond donors (Lipinski definition) is 5. The molecule has 0 rings (SSSR count). The molecule has 0 saturated carbocycles. The summed E-state index contributed by atoms with van der Waals surface area (Å²) in [4.78, 5) is 10.9. The molecule has 0 aromatic carbocycles. The summed E-state index contributed by atoms with van der Waals surface area (Å²) in [5, 5.41) is 12.5.